The van der Waals surface area contributed by atoms with Crippen molar-refractivity contribution in [3.05, 3.63) is 69.1 Å². The zero-order valence-electron chi connectivity index (χ0n) is 14.9. The van der Waals surface area contributed by atoms with E-state index in [1.54, 1.807) is 23.1 Å². The van der Waals surface area contributed by atoms with Crippen LogP contribution < -0.4 is 9.64 Å². The number of hydrogen-bond acceptors (Lipinski definition) is 4. The van der Waals surface area contributed by atoms with E-state index in [1.165, 1.54) is 23.8 Å². The normalized spacial score (nSPS) is 10.7. The monoisotopic (exact) mass is 420 g/mol. The number of rotatable bonds is 6. The zero-order valence-corrected chi connectivity index (χ0v) is 17.2. The van der Waals surface area contributed by atoms with E-state index < -0.39 is 0 Å². The van der Waals surface area contributed by atoms with E-state index in [4.69, 9.17) is 27.9 Å². The van der Waals surface area contributed by atoms with Crippen LogP contribution in [-0.2, 0) is 17.8 Å². The molecular weight excluding hydrogens is 403 g/mol. The van der Waals surface area contributed by atoms with Gasteiger partial charge in [-0.3, -0.25) is 9.69 Å². The number of benzene rings is 2. The predicted molar refractivity (Wildman–Crippen MR) is 112 cm³/mol. The lowest BCUT2D eigenvalue weighted by Crippen LogP contribution is -2.22. The van der Waals surface area contributed by atoms with Crippen LogP contribution in [0.5, 0.6) is 5.75 Å². The third-order valence-corrected chi connectivity index (χ3v) is 5.34. The highest BCUT2D eigenvalue weighted by molar-refractivity contribution is 7.14. The fourth-order valence-corrected chi connectivity index (χ4v) is 3.72. The second kappa shape index (κ2) is 8.74. The number of anilines is 2. The molecule has 0 unspecified atom stereocenters. The number of halogens is 2. The predicted octanol–water partition coefficient (Wildman–Crippen LogP) is 6.28. The van der Waals surface area contributed by atoms with E-state index in [2.05, 4.69) is 11.9 Å². The fraction of sp³-hybridized carbons (Fsp3) is 0.200. The lowest BCUT2D eigenvalue weighted by atomic mass is 10.1. The Morgan fingerprint density at radius 2 is 1.93 bits per heavy atom. The van der Waals surface area contributed by atoms with Gasteiger partial charge in [-0.2, -0.15) is 0 Å². The van der Waals surface area contributed by atoms with Crippen LogP contribution in [0.4, 0.5) is 10.8 Å². The van der Waals surface area contributed by atoms with Gasteiger partial charge in [-0.05, 0) is 36.2 Å². The molecule has 1 heterocycles. The summed E-state index contributed by atoms with van der Waals surface area (Å²) in [4.78, 5) is 18.3. The van der Waals surface area contributed by atoms with Crippen LogP contribution in [0.25, 0.3) is 0 Å². The number of thiazole rings is 1. The Labute approximate surface area is 172 Å². The standard InChI is InChI=1S/C20H18Cl2N2O2S/c1-3-14-4-7-17(8-5-14)24(13(2)25)20-23-16(12-27-20)11-26-19-10-15(21)6-9-18(19)22/h4-10,12H,3,11H2,1-2H3. The van der Waals surface area contributed by atoms with E-state index >= 15 is 0 Å². The van der Waals surface area contributed by atoms with E-state index in [0.29, 0.717) is 26.6 Å². The van der Waals surface area contributed by atoms with Crippen molar-refractivity contribution in [2.45, 2.75) is 26.9 Å². The first-order chi connectivity index (χ1) is 13.0. The lowest BCUT2D eigenvalue weighted by Gasteiger charge is -2.18. The minimum atomic E-state index is -0.0982. The molecule has 0 radical (unpaired) electrons. The third kappa shape index (κ3) is 4.80. The van der Waals surface area contributed by atoms with Gasteiger partial charge in [-0.25, -0.2) is 4.98 Å². The summed E-state index contributed by atoms with van der Waals surface area (Å²) in [6.07, 6.45) is 0.950. The fourth-order valence-electron chi connectivity index (χ4n) is 2.51. The highest BCUT2D eigenvalue weighted by Gasteiger charge is 2.18. The number of nitrogens with zero attached hydrogens (tertiary/aromatic N) is 2. The Morgan fingerprint density at radius 1 is 1.19 bits per heavy atom. The minimum absolute atomic E-state index is 0.0982. The van der Waals surface area contributed by atoms with Crippen molar-refractivity contribution in [1.82, 2.24) is 4.98 Å². The summed E-state index contributed by atoms with van der Waals surface area (Å²) >= 11 is 13.5. The molecule has 4 nitrogen and oxygen atoms in total. The van der Waals surface area contributed by atoms with Gasteiger partial charge in [0.2, 0.25) is 5.91 Å². The van der Waals surface area contributed by atoms with Crippen LogP contribution in [0.1, 0.15) is 25.1 Å². The summed E-state index contributed by atoms with van der Waals surface area (Å²) in [6, 6.07) is 12.9. The lowest BCUT2D eigenvalue weighted by molar-refractivity contribution is -0.115. The Morgan fingerprint density at radius 3 is 2.59 bits per heavy atom. The molecular formula is C20H18Cl2N2O2S. The van der Waals surface area contributed by atoms with E-state index in [0.717, 1.165) is 12.1 Å². The molecule has 140 valence electrons. The molecule has 2 aromatic carbocycles. The van der Waals surface area contributed by atoms with E-state index in [1.807, 2.05) is 29.6 Å². The Bertz CT molecular complexity index is 941. The van der Waals surface area contributed by atoms with Gasteiger partial charge in [0, 0.05) is 23.4 Å². The maximum Gasteiger partial charge on any atom is 0.230 e. The molecule has 0 aliphatic rings. The van der Waals surface area contributed by atoms with Gasteiger partial charge in [-0.15, -0.1) is 11.3 Å². The zero-order chi connectivity index (χ0) is 19.4. The quantitative estimate of drug-likeness (QED) is 0.471. The van der Waals surface area contributed by atoms with Crippen molar-refractivity contribution in [3.8, 4) is 5.75 Å². The summed E-state index contributed by atoms with van der Waals surface area (Å²) < 4.78 is 5.72. The molecule has 0 N–H and O–H groups in total. The molecule has 0 saturated carbocycles. The number of ether oxygens (including phenoxy) is 1. The first-order valence-electron chi connectivity index (χ1n) is 8.40. The highest BCUT2D eigenvalue weighted by Crippen LogP contribution is 2.31. The van der Waals surface area contributed by atoms with Crippen molar-refractivity contribution in [3.63, 3.8) is 0 Å². The highest BCUT2D eigenvalue weighted by atomic mass is 35.5. The van der Waals surface area contributed by atoms with E-state index in [-0.39, 0.29) is 12.5 Å². The van der Waals surface area contributed by atoms with Crippen molar-refractivity contribution in [2.75, 3.05) is 4.90 Å². The van der Waals surface area contributed by atoms with Crippen molar-refractivity contribution in [2.24, 2.45) is 0 Å². The van der Waals surface area contributed by atoms with Crippen LogP contribution in [0.2, 0.25) is 10.0 Å². The maximum atomic E-state index is 12.2. The van der Waals surface area contributed by atoms with Gasteiger partial charge in [0.25, 0.3) is 0 Å². The SMILES string of the molecule is CCc1ccc(N(C(C)=O)c2nc(COc3cc(Cl)ccc3Cl)cs2)cc1. The minimum Gasteiger partial charge on any atom is -0.486 e. The summed E-state index contributed by atoms with van der Waals surface area (Å²) in [5.74, 6) is 0.399. The topological polar surface area (TPSA) is 42.4 Å². The first kappa shape index (κ1) is 19.7. The van der Waals surface area contributed by atoms with Gasteiger partial charge in [0.05, 0.1) is 16.4 Å². The van der Waals surface area contributed by atoms with E-state index in [9.17, 15) is 4.79 Å². The van der Waals surface area contributed by atoms with Crippen molar-refractivity contribution >= 4 is 51.3 Å². The van der Waals surface area contributed by atoms with Gasteiger partial charge in [-0.1, -0.05) is 42.3 Å². The number of amides is 1. The van der Waals surface area contributed by atoms with Gasteiger partial charge in [0.1, 0.15) is 12.4 Å². The van der Waals surface area contributed by atoms with Crippen LogP contribution in [-0.4, -0.2) is 10.9 Å². The molecule has 0 aliphatic carbocycles. The molecule has 3 rings (SSSR count). The molecule has 0 atom stereocenters. The third-order valence-electron chi connectivity index (χ3n) is 3.92. The Balaban J connectivity index is 1.77. The Hall–Kier alpha value is -2.08. The molecule has 27 heavy (non-hydrogen) atoms. The number of carbonyl (C=O) groups is 1. The average molecular weight is 421 g/mol. The van der Waals surface area contributed by atoms with Crippen LogP contribution in [0, 0.1) is 0 Å². The molecule has 7 heteroatoms. The molecule has 1 aromatic heterocycles. The van der Waals surface area contributed by atoms with Crippen molar-refractivity contribution < 1.29 is 9.53 Å². The number of carbonyl (C=O) groups excluding carboxylic acids is 1. The number of aryl methyl sites for hydroxylation is 1. The second-order valence-corrected chi connectivity index (χ2v) is 7.54. The summed E-state index contributed by atoms with van der Waals surface area (Å²) in [7, 11) is 0. The van der Waals surface area contributed by atoms with Gasteiger partial charge >= 0.3 is 0 Å². The largest absolute Gasteiger partial charge is 0.486 e. The molecule has 0 aliphatic heterocycles. The smallest absolute Gasteiger partial charge is 0.230 e. The average Bonchev–Trinajstić information content (AvgIpc) is 3.11. The molecule has 3 aromatic rings. The number of aromatic nitrogens is 1. The number of hydrogen-bond donors (Lipinski definition) is 0. The molecule has 1 amide bonds. The Kier molecular flexibility index (Phi) is 6.37. The molecule has 0 fully saturated rings. The van der Waals surface area contributed by atoms with Crippen LogP contribution in [0.15, 0.2) is 47.8 Å². The maximum absolute atomic E-state index is 12.2. The van der Waals surface area contributed by atoms with Gasteiger partial charge in [0.15, 0.2) is 5.13 Å². The van der Waals surface area contributed by atoms with Crippen molar-refractivity contribution in [1.29, 1.82) is 0 Å². The molecule has 0 bridgehead atoms. The summed E-state index contributed by atoms with van der Waals surface area (Å²) in [5, 5.41) is 3.50. The summed E-state index contributed by atoms with van der Waals surface area (Å²) in [5.41, 5.74) is 2.72. The summed E-state index contributed by atoms with van der Waals surface area (Å²) in [6.45, 7) is 3.85. The van der Waals surface area contributed by atoms with Gasteiger partial charge < -0.3 is 4.74 Å². The second-order valence-electron chi connectivity index (χ2n) is 5.86. The van der Waals surface area contributed by atoms with Crippen LogP contribution >= 0.6 is 34.5 Å². The molecule has 0 saturated heterocycles. The first-order valence-corrected chi connectivity index (χ1v) is 10.0. The molecule has 0 spiro atoms. The van der Waals surface area contributed by atoms with Crippen LogP contribution in [0.3, 0.4) is 0 Å².